The first-order valence-corrected chi connectivity index (χ1v) is 6.54. The Labute approximate surface area is 122 Å². The smallest absolute Gasteiger partial charge is 0.253 e. The molecular weight excluding hydrogens is 330 g/mol. The number of nitrogen functional groups attached to an aromatic ring is 1. The maximum absolute atomic E-state index is 13.1. The van der Waals surface area contributed by atoms with Gasteiger partial charge in [0.1, 0.15) is 0 Å². The SMILES string of the molecule is Nc1cc(F)c(F)cc1C(=O)NCc1ccccc1Br. The number of nitrogens with two attached hydrogens (primary N) is 1. The summed E-state index contributed by atoms with van der Waals surface area (Å²) in [5, 5.41) is 2.61. The second-order valence-corrected chi connectivity index (χ2v) is 4.98. The number of carbonyl (C=O) groups excluding carboxylic acids is 1. The number of carbonyl (C=O) groups is 1. The minimum Gasteiger partial charge on any atom is -0.398 e. The number of nitrogens with one attached hydrogen (secondary N) is 1. The second kappa shape index (κ2) is 6.00. The zero-order valence-electron chi connectivity index (χ0n) is 10.3. The molecule has 0 saturated carbocycles. The first-order valence-electron chi connectivity index (χ1n) is 5.75. The highest BCUT2D eigenvalue weighted by atomic mass is 79.9. The molecule has 0 aliphatic heterocycles. The number of halogens is 3. The lowest BCUT2D eigenvalue weighted by molar-refractivity contribution is 0.0951. The number of benzene rings is 2. The third kappa shape index (κ3) is 3.14. The molecule has 2 aromatic rings. The molecule has 1 amide bonds. The first-order chi connectivity index (χ1) is 9.49. The van der Waals surface area contributed by atoms with Crippen molar-refractivity contribution in [1.82, 2.24) is 5.32 Å². The summed E-state index contributed by atoms with van der Waals surface area (Å²) in [6, 6.07) is 8.94. The van der Waals surface area contributed by atoms with Crippen LogP contribution in [0.15, 0.2) is 40.9 Å². The van der Waals surface area contributed by atoms with Gasteiger partial charge < -0.3 is 11.1 Å². The predicted molar refractivity (Wildman–Crippen MR) is 76.1 cm³/mol. The lowest BCUT2D eigenvalue weighted by Gasteiger charge is -2.09. The van der Waals surface area contributed by atoms with Gasteiger partial charge in [-0.1, -0.05) is 34.1 Å². The molecule has 0 heterocycles. The number of amides is 1. The van der Waals surface area contributed by atoms with Crippen LogP contribution in [0.3, 0.4) is 0 Å². The van der Waals surface area contributed by atoms with Crippen molar-refractivity contribution in [3.8, 4) is 0 Å². The number of anilines is 1. The van der Waals surface area contributed by atoms with E-state index in [9.17, 15) is 13.6 Å². The van der Waals surface area contributed by atoms with Crippen molar-refractivity contribution in [1.29, 1.82) is 0 Å². The van der Waals surface area contributed by atoms with E-state index >= 15 is 0 Å². The minimum absolute atomic E-state index is 0.0871. The van der Waals surface area contributed by atoms with Gasteiger partial charge in [-0.3, -0.25) is 4.79 Å². The molecule has 0 saturated heterocycles. The molecule has 0 spiro atoms. The van der Waals surface area contributed by atoms with Gasteiger partial charge in [-0.25, -0.2) is 8.78 Å². The number of hydrogen-bond acceptors (Lipinski definition) is 2. The van der Waals surface area contributed by atoms with Gasteiger partial charge in [0.05, 0.1) is 5.56 Å². The summed E-state index contributed by atoms with van der Waals surface area (Å²) in [7, 11) is 0. The average molecular weight is 341 g/mol. The Kier molecular flexibility index (Phi) is 4.34. The summed E-state index contributed by atoms with van der Waals surface area (Å²) < 4.78 is 26.9. The summed E-state index contributed by atoms with van der Waals surface area (Å²) in [5.41, 5.74) is 6.19. The molecule has 0 radical (unpaired) electrons. The van der Waals surface area contributed by atoms with Crippen LogP contribution in [0.1, 0.15) is 15.9 Å². The minimum atomic E-state index is -1.11. The van der Waals surface area contributed by atoms with Crippen LogP contribution >= 0.6 is 15.9 Å². The van der Waals surface area contributed by atoms with E-state index in [0.29, 0.717) is 0 Å². The van der Waals surface area contributed by atoms with Crippen molar-refractivity contribution in [2.75, 3.05) is 5.73 Å². The van der Waals surface area contributed by atoms with E-state index in [1.807, 2.05) is 24.3 Å². The van der Waals surface area contributed by atoms with Crippen LogP contribution in [0.25, 0.3) is 0 Å². The largest absolute Gasteiger partial charge is 0.398 e. The molecule has 0 atom stereocenters. The third-order valence-electron chi connectivity index (χ3n) is 2.73. The number of rotatable bonds is 3. The molecule has 0 unspecified atom stereocenters. The van der Waals surface area contributed by atoms with E-state index in [2.05, 4.69) is 21.2 Å². The van der Waals surface area contributed by atoms with Gasteiger partial charge in [0, 0.05) is 22.8 Å². The van der Waals surface area contributed by atoms with E-state index in [-0.39, 0.29) is 17.8 Å². The highest BCUT2D eigenvalue weighted by molar-refractivity contribution is 9.10. The normalized spacial score (nSPS) is 10.3. The van der Waals surface area contributed by atoms with Crippen LogP contribution in [-0.2, 0) is 6.54 Å². The molecule has 2 aromatic carbocycles. The maximum Gasteiger partial charge on any atom is 0.253 e. The third-order valence-corrected chi connectivity index (χ3v) is 3.51. The standard InChI is InChI=1S/C14H11BrF2N2O/c15-10-4-2-1-3-8(10)7-19-14(20)9-5-11(16)12(17)6-13(9)18/h1-6H,7,18H2,(H,19,20). The van der Waals surface area contributed by atoms with Crippen molar-refractivity contribution in [3.63, 3.8) is 0 Å². The van der Waals surface area contributed by atoms with Crippen LogP contribution in [-0.4, -0.2) is 5.91 Å². The number of hydrogen-bond donors (Lipinski definition) is 2. The van der Waals surface area contributed by atoms with Crippen molar-refractivity contribution >= 4 is 27.5 Å². The quantitative estimate of drug-likeness (QED) is 0.842. The molecule has 6 heteroatoms. The topological polar surface area (TPSA) is 55.1 Å². The summed E-state index contributed by atoms with van der Waals surface area (Å²) in [6.45, 7) is 0.249. The fourth-order valence-corrected chi connectivity index (χ4v) is 2.10. The Bertz CT molecular complexity index is 662. The fourth-order valence-electron chi connectivity index (χ4n) is 1.67. The zero-order chi connectivity index (χ0) is 14.7. The monoisotopic (exact) mass is 340 g/mol. The van der Waals surface area contributed by atoms with Gasteiger partial charge in [-0.05, 0) is 17.7 Å². The Balaban J connectivity index is 2.13. The lowest BCUT2D eigenvalue weighted by Crippen LogP contribution is -2.24. The lowest BCUT2D eigenvalue weighted by atomic mass is 10.1. The Morgan fingerprint density at radius 3 is 2.55 bits per heavy atom. The van der Waals surface area contributed by atoms with Crippen LogP contribution in [0.5, 0.6) is 0 Å². The Hall–Kier alpha value is -1.95. The van der Waals surface area contributed by atoms with Crippen molar-refractivity contribution in [2.45, 2.75) is 6.54 Å². The average Bonchev–Trinajstić information content (AvgIpc) is 2.41. The molecule has 0 aromatic heterocycles. The second-order valence-electron chi connectivity index (χ2n) is 4.13. The molecule has 0 aliphatic rings. The van der Waals surface area contributed by atoms with Gasteiger partial charge in [0.15, 0.2) is 11.6 Å². The summed E-state index contributed by atoms with van der Waals surface area (Å²) in [5.74, 6) is -2.74. The molecule has 0 fully saturated rings. The fraction of sp³-hybridized carbons (Fsp3) is 0.0714. The van der Waals surface area contributed by atoms with Crippen LogP contribution in [0.4, 0.5) is 14.5 Å². The molecule has 104 valence electrons. The molecular formula is C14H11BrF2N2O. The van der Waals surface area contributed by atoms with Crippen molar-refractivity contribution in [3.05, 3.63) is 63.6 Å². The van der Waals surface area contributed by atoms with E-state index < -0.39 is 17.5 Å². The van der Waals surface area contributed by atoms with Crippen molar-refractivity contribution < 1.29 is 13.6 Å². The van der Waals surface area contributed by atoms with Gasteiger partial charge >= 0.3 is 0 Å². The van der Waals surface area contributed by atoms with Gasteiger partial charge in [0.25, 0.3) is 5.91 Å². The van der Waals surface area contributed by atoms with E-state index in [1.54, 1.807) is 0 Å². The molecule has 3 nitrogen and oxygen atoms in total. The van der Waals surface area contributed by atoms with Gasteiger partial charge in [0.2, 0.25) is 0 Å². The Morgan fingerprint density at radius 1 is 1.20 bits per heavy atom. The van der Waals surface area contributed by atoms with Crippen LogP contribution in [0.2, 0.25) is 0 Å². The maximum atomic E-state index is 13.1. The molecule has 20 heavy (non-hydrogen) atoms. The van der Waals surface area contributed by atoms with Gasteiger partial charge in [-0.2, -0.15) is 0 Å². The first kappa shape index (κ1) is 14.5. The van der Waals surface area contributed by atoms with Crippen LogP contribution < -0.4 is 11.1 Å². The summed E-state index contributed by atoms with van der Waals surface area (Å²) >= 11 is 3.35. The van der Waals surface area contributed by atoms with E-state index in [0.717, 1.165) is 22.2 Å². The van der Waals surface area contributed by atoms with Gasteiger partial charge in [-0.15, -0.1) is 0 Å². The van der Waals surface area contributed by atoms with E-state index in [1.165, 1.54) is 0 Å². The predicted octanol–water partition coefficient (Wildman–Crippen LogP) is 3.24. The highest BCUT2D eigenvalue weighted by Crippen LogP contribution is 2.18. The van der Waals surface area contributed by atoms with E-state index in [4.69, 9.17) is 5.73 Å². The molecule has 3 N–H and O–H groups in total. The summed E-state index contributed by atoms with van der Waals surface area (Å²) in [4.78, 5) is 11.9. The summed E-state index contributed by atoms with van der Waals surface area (Å²) in [6.07, 6.45) is 0. The van der Waals surface area contributed by atoms with Crippen molar-refractivity contribution in [2.24, 2.45) is 0 Å². The molecule has 0 aliphatic carbocycles. The Morgan fingerprint density at radius 2 is 1.85 bits per heavy atom. The zero-order valence-corrected chi connectivity index (χ0v) is 11.9. The molecule has 0 bridgehead atoms. The molecule has 2 rings (SSSR count). The highest BCUT2D eigenvalue weighted by Gasteiger charge is 2.14. The van der Waals surface area contributed by atoms with Crippen LogP contribution in [0, 0.1) is 11.6 Å².